The van der Waals surface area contributed by atoms with Crippen molar-refractivity contribution >= 4 is 23.2 Å². The van der Waals surface area contributed by atoms with Gasteiger partial charge in [0.05, 0.1) is 5.69 Å². The van der Waals surface area contributed by atoms with E-state index in [0.717, 1.165) is 36.3 Å². The molecule has 1 fully saturated rings. The van der Waals surface area contributed by atoms with Crippen molar-refractivity contribution in [3.63, 3.8) is 0 Å². The number of aryl methyl sites for hydroxylation is 1. The van der Waals surface area contributed by atoms with Gasteiger partial charge < -0.3 is 10.1 Å². The third-order valence-electron chi connectivity index (χ3n) is 4.36. The summed E-state index contributed by atoms with van der Waals surface area (Å²) in [4.78, 5) is 29.5. The zero-order chi connectivity index (χ0) is 17.8. The maximum absolute atomic E-state index is 12.4. The van der Waals surface area contributed by atoms with Gasteiger partial charge in [-0.25, -0.2) is 9.78 Å². The van der Waals surface area contributed by atoms with Gasteiger partial charge in [-0.05, 0) is 26.7 Å². The monoisotopic (exact) mass is 358 g/mol. The molecule has 1 aromatic carbocycles. The van der Waals surface area contributed by atoms with Crippen LogP contribution >= 0.6 is 11.3 Å². The molecule has 0 aliphatic heterocycles. The lowest BCUT2D eigenvalue weighted by molar-refractivity contribution is -0.129. The van der Waals surface area contributed by atoms with Gasteiger partial charge in [-0.1, -0.05) is 43.2 Å². The quantitative estimate of drug-likeness (QED) is 0.827. The van der Waals surface area contributed by atoms with Crippen LogP contribution in [-0.2, 0) is 9.53 Å². The standard InChI is InChI=1S/C19H22N2O3S/c1-12-16(25-18(20-12)14-8-4-3-5-9-14)19(23)24-13(2)17(22)21-15-10-6-7-11-15/h3-5,8-9,13,15H,6-7,10-11H2,1-2H3,(H,21,22)/t13-/m0/s1. The van der Waals surface area contributed by atoms with Crippen LogP contribution in [0.15, 0.2) is 30.3 Å². The molecule has 1 saturated carbocycles. The van der Waals surface area contributed by atoms with E-state index in [0.29, 0.717) is 10.6 Å². The number of aromatic nitrogens is 1. The number of benzene rings is 1. The summed E-state index contributed by atoms with van der Waals surface area (Å²) in [6.45, 7) is 3.39. The number of hydrogen-bond donors (Lipinski definition) is 1. The third-order valence-corrected chi connectivity index (χ3v) is 5.54. The lowest BCUT2D eigenvalue weighted by atomic mass is 10.2. The van der Waals surface area contributed by atoms with Crippen LogP contribution in [0.3, 0.4) is 0 Å². The minimum absolute atomic E-state index is 0.212. The number of carbonyl (C=O) groups is 2. The average molecular weight is 358 g/mol. The van der Waals surface area contributed by atoms with Crippen LogP contribution in [-0.4, -0.2) is 29.0 Å². The van der Waals surface area contributed by atoms with Crippen LogP contribution in [0.4, 0.5) is 0 Å². The van der Waals surface area contributed by atoms with Crippen molar-refractivity contribution in [1.82, 2.24) is 10.3 Å². The maximum Gasteiger partial charge on any atom is 0.351 e. The predicted octanol–water partition coefficient (Wildman–Crippen LogP) is 3.72. The highest BCUT2D eigenvalue weighted by Gasteiger charge is 2.25. The van der Waals surface area contributed by atoms with Gasteiger partial charge in [-0.15, -0.1) is 11.3 Å². The molecule has 5 nitrogen and oxygen atoms in total. The first-order valence-electron chi connectivity index (χ1n) is 8.59. The van der Waals surface area contributed by atoms with Gasteiger partial charge in [0, 0.05) is 11.6 Å². The Labute approximate surface area is 151 Å². The van der Waals surface area contributed by atoms with Gasteiger partial charge in [0.25, 0.3) is 5.91 Å². The van der Waals surface area contributed by atoms with Crippen molar-refractivity contribution in [2.45, 2.75) is 51.7 Å². The molecule has 1 amide bonds. The van der Waals surface area contributed by atoms with Gasteiger partial charge in [-0.3, -0.25) is 4.79 Å². The number of hydrogen-bond acceptors (Lipinski definition) is 5. The van der Waals surface area contributed by atoms with Crippen molar-refractivity contribution in [3.05, 3.63) is 40.9 Å². The van der Waals surface area contributed by atoms with Crippen molar-refractivity contribution in [2.24, 2.45) is 0 Å². The number of rotatable bonds is 5. The summed E-state index contributed by atoms with van der Waals surface area (Å²) in [7, 11) is 0. The third kappa shape index (κ3) is 4.25. The van der Waals surface area contributed by atoms with Crippen LogP contribution in [0.5, 0.6) is 0 Å². The molecule has 0 radical (unpaired) electrons. The first-order chi connectivity index (χ1) is 12.0. The zero-order valence-electron chi connectivity index (χ0n) is 14.5. The summed E-state index contributed by atoms with van der Waals surface area (Å²) in [5.41, 5.74) is 1.58. The fourth-order valence-corrected chi connectivity index (χ4v) is 3.90. The Balaban J connectivity index is 1.64. The van der Waals surface area contributed by atoms with E-state index in [2.05, 4.69) is 10.3 Å². The number of nitrogens with one attached hydrogen (secondary N) is 1. The van der Waals surface area contributed by atoms with E-state index < -0.39 is 12.1 Å². The first-order valence-corrected chi connectivity index (χ1v) is 9.40. The van der Waals surface area contributed by atoms with E-state index in [4.69, 9.17) is 4.74 Å². The summed E-state index contributed by atoms with van der Waals surface area (Å²) >= 11 is 1.29. The molecule has 132 valence electrons. The van der Waals surface area contributed by atoms with Gasteiger partial charge in [-0.2, -0.15) is 0 Å². The summed E-state index contributed by atoms with van der Waals surface area (Å²) in [5, 5.41) is 3.72. The lowest BCUT2D eigenvalue weighted by Crippen LogP contribution is -2.40. The van der Waals surface area contributed by atoms with E-state index in [1.54, 1.807) is 13.8 Å². The molecule has 25 heavy (non-hydrogen) atoms. The second kappa shape index (κ2) is 7.78. The van der Waals surface area contributed by atoms with Crippen LogP contribution in [0, 0.1) is 6.92 Å². The Morgan fingerprint density at radius 2 is 1.92 bits per heavy atom. The Kier molecular flexibility index (Phi) is 5.48. The van der Waals surface area contributed by atoms with E-state index in [-0.39, 0.29) is 11.9 Å². The van der Waals surface area contributed by atoms with E-state index in [1.807, 2.05) is 30.3 Å². The van der Waals surface area contributed by atoms with Crippen LogP contribution < -0.4 is 5.32 Å². The number of esters is 1. The summed E-state index contributed by atoms with van der Waals surface area (Å²) < 4.78 is 5.36. The zero-order valence-corrected chi connectivity index (χ0v) is 15.3. The maximum atomic E-state index is 12.4. The van der Waals surface area contributed by atoms with E-state index in [1.165, 1.54) is 11.3 Å². The summed E-state index contributed by atoms with van der Waals surface area (Å²) in [6.07, 6.45) is 3.47. The second-order valence-corrected chi connectivity index (χ2v) is 7.34. The SMILES string of the molecule is Cc1nc(-c2ccccc2)sc1C(=O)O[C@@H](C)C(=O)NC1CCCC1. The minimum Gasteiger partial charge on any atom is -0.448 e. The molecule has 1 heterocycles. The second-order valence-electron chi connectivity index (χ2n) is 6.34. The van der Waals surface area contributed by atoms with Gasteiger partial charge in [0.2, 0.25) is 0 Å². The van der Waals surface area contributed by atoms with Crippen LogP contribution in [0.25, 0.3) is 10.6 Å². The fourth-order valence-electron chi connectivity index (χ4n) is 2.95. The van der Waals surface area contributed by atoms with Gasteiger partial charge in [0.1, 0.15) is 9.88 Å². The molecule has 0 bridgehead atoms. The highest BCUT2D eigenvalue weighted by Crippen LogP contribution is 2.28. The summed E-state index contributed by atoms with van der Waals surface area (Å²) in [6, 6.07) is 9.90. The Morgan fingerprint density at radius 1 is 1.24 bits per heavy atom. The molecule has 0 saturated heterocycles. The normalized spacial score (nSPS) is 15.8. The topological polar surface area (TPSA) is 68.3 Å². The van der Waals surface area contributed by atoms with Crippen molar-refractivity contribution in [1.29, 1.82) is 0 Å². The fraction of sp³-hybridized carbons (Fsp3) is 0.421. The molecule has 1 N–H and O–H groups in total. The largest absolute Gasteiger partial charge is 0.448 e. The molecule has 0 spiro atoms. The number of amides is 1. The van der Waals surface area contributed by atoms with Gasteiger partial charge in [0.15, 0.2) is 6.10 Å². The number of thiazole rings is 1. The Bertz CT molecular complexity index is 751. The van der Waals surface area contributed by atoms with Crippen LogP contribution in [0.1, 0.15) is 48.0 Å². The summed E-state index contributed by atoms with van der Waals surface area (Å²) in [5.74, 6) is -0.725. The van der Waals surface area contributed by atoms with E-state index in [9.17, 15) is 9.59 Å². The molecular formula is C19H22N2O3S. The predicted molar refractivity (Wildman–Crippen MR) is 97.6 cm³/mol. The minimum atomic E-state index is -0.810. The average Bonchev–Trinajstić information content (AvgIpc) is 3.25. The molecule has 1 aromatic heterocycles. The molecule has 1 aliphatic carbocycles. The molecule has 1 atom stereocenters. The molecule has 6 heteroatoms. The lowest BCUT2D eigenvalue weighted by Gasteiger charge is -2.16. The van der Waals surface area contributed by atoms with Gasteiger partial charge >= 0.3 is 5.97 Å². The highest BCUT2D eigenvalue weighted by molar-refractivity contribution is 7.17. The molecular weight excluding hydrogens is 336 g/mol. The van der Waals surface area contributed by atoms with E-state index >= 15 is 0 Å². The Morgan fingerprint density at radius 3 is 2.60 bits per heavy atom. The van der Waals surface area contributed by atoms with Crippen molar-refractivity contribution < 1.29 is 14.3 Å². The highest BCUT2D eigenvalue weighted by atomic mass is 32.1. The molecule has 3 rings (SSSR count). The molecule has 2 aromatic rings. The van der Waals surface area contributed by atoms with Crippen LogP contribution in [0.2, 0.25) is 0 Å². The number of ether oxygens (including phenoxy) is 1. The first kappa shape index (κ1) is 17.6. The number of nitrogens with zero attached hydrogens (tertiary/aromatic N) is 1. The number of carbonyl (C=O) groups excluding carboxylic acids is 2. The molecule has 0 unspecified atom stereocenters. The Hall–Kier alpha value is -2.21. The van der Waals surface area contributed by atoms with Crippen molar-refractivity contribution in [2.75, 3.05) is 0 Å². The molecule has 1 aliphatic rings. The van der Waals surface area contributed by atoms with Crippen molar-refractivity contribution in [3.8, 4) is 10.6 Å². The smallest absolute Gasteiger partial charge is 0.351 e.